The van der Waals surface area contributed by atoms with Gasteiger partial charge in [0.05, 0.1) is 6.07 Å². The first-order valence-corrected chi connectivity index (χ1v) is 6.46. The third kappa shape index (κ3) is 5.17. The van der Waals surface area contributed by atoms with Gasteiger partial charge in [-0.05, 0) is 12.8 Å². The molecule has 0 aromatic carbocycles. The minimum absolute atomic E-state index is 0.127. The van der Waals surface area contributed by atoms with Crippen molar-refractivity contribution in [3.05, 3.63) is 0 Å². The van der Waals surface area contributed by atoms with E-state index in [1.165, 1.54) is 6.92 Å². The average molecular weight is 253 g/mol. The Hall–Kier alpha value is -1.57. The summed E-state index contributed by atoms with van der Waals surface area (Å²) in [5, 5.41) is 14.6. The van der Waals surface area contributed by atoms with Crippen molar-refractivity contribution in [1.29, 1.82) is 5.26 Å². The van der Waals surface area contributed by atoms with Crippen LogP contribution in [0.2, 0.25) is 0 Å². The van der Waals surface area contributed by atoms with Crippen LogP contribution in [-0.2, 0) is 9.59 Å². The molecule has 2 N–H and O–H groups in total. The molecule has 0 saturated heterocycles. The number of carbonyl (C=O) groups excluding carboxylic acids is 2. The minimum atomic E-state index is -0.917. The maximum atomic E-state index is 12.1. The second-order valence-electron chi connectivity index (χ2n) is 4.43. The molecule has 0 radical (unpaired) electrons. The summed E-state index contributed by atoms with van der Waals surface area (Å²) in [6.45, 7) is 6.10. The van der Waals surface area contributed by atoms with Gasteiger partial charge in [0.25, 0.3) is 0 Å². The number of hydrogen-bond donors (Lipinski definition) is 2. The molecule has 0 aromatic heterocycles. The molecule has 0 rings (SSSR count). The summed E-state index contributed by atoms with van der Waals surface area (Å²) in [6.07, 6.45) is 2.74. The Kier molecular flexibility index (Phi) is 7.77. The number of nitrogens with one attached hydrogen (secondary N) is 2. The Balaban J connectivity index is 4.38. The Morgan fingerprint density at radius 3 is 2.00 bits per heavy atom. The fraction of sp³-hybridized carbons (Fsp3) is 0.769. The highest BCUT2D eigenvalue weighted by atomic mass is 16.2. The highest BCUT2D eigenvalue weighted by Crippen LogP contribution is 2.29. The lowest BCUT2D eigenvalue weighted by Gasteiger charge is -2.24. The number of nitrogens with zero attached hydrogens (tertiary/aromatic N) is 1. The summed E-state index contributed by atoms with van der Waals surface area (Å²) < 4.78 is 0. The van der Waals surface area contributed by atoms with Crippen molar-refractivity contribution in [3.63, 3.8) is 0 Å². The highest BCUT2D eigenvalue weighted by Gasteiger charge is 2.36. The lowest BCUT2D eigenvalue weighted by Crippen LogP contribution is -2.43. The first-order valence-electron chi connectivity index (χ1n) is 6.46. The van der Waals surface area contributed by atoms with Crippen LogP contribution in [-0.4, -0.2) is 24.9 Å². The van der Waals surface area contributed by atoms with Crippen molar-refractivity contribution < 1.29 is 9.59 Å². The predicted octanol–water partition coefficient (Wildman–Crippen LogP) is 1.35. The van der Waals surface area contributed by atoms with Crippen molar-refractivity contribution in [2.24, 2.45) is 5.41 Å². The molecule has 18 heavy (non-hydrogen) atoms. The van der Waals surface area contributed by atoms with Gasteiger partial charge in [-0.2, -0.15) is 5.26 Å². The molecule has 0 aromatic rings. The van der Waals surface area contributed by atoms with Gasteiger partial charge in [0, 0.05) is 20.0 Å². The van der Waals surface area contributed by atoms with Crippen LogP contribution in [0.25, 0.3) is 0 Å². The third-order valence-electron chi connectivity index (χ3n) is 2.79. The number of rotatable bonds is 8. The molecule has 0 aliphatic heterocycles. The summed E-state index contributed by atoms with van der Waals surface area (Å²) in [6, 6.07) is 2.17. The second-order valence-corrected chi connectivity index (χ2v) is 4.43. The van der Waals surface area contributed by atoms with Crippen LogP contribution in [0, 0.1) is 16.7 Å². The van der Waals surface area contributed by atoms with Crippen LogP contribution in [0.5, 0.6) is 0 Å². The number of hydrogen-bond acceptors (Lipinski definition) is 3. The standard InChI is InChI=1S/C13H23N3O2/c1-4-6-13(10-14,7-5-2)12(18)16-9-8-15-11(3)17/h4-9H2,1-3H3,(H,15,17)(H,16,18). The molecule has 0 bridgehead atoms. The van der Waals surface area contributed by atoms with Crippen molar-refractivity contribution in [1.82, 2.24) is 10.6 Å². The summed E-state index contributed by atoms with van der Waals surface area (Å²) in [7, 11) is 0. The van der Waals surface area contributed by atoms with Gasteiger partial charge in [-0.1, -0.05) is 26.7 Å². The van der Waals surface area contributed by atoms with Gasteiger partial charge in [-0.3, -0.25) is 9.59 Å². The molecular weight excluding hydrogens is 230 g/mol. The van der Waals surface area contributed by atoms with E-state index in [9.17, 15) is 14.9 Å². The van der Waals surface area contributed by atoms with Gasteiger partial charge in [0.15, 0.2) is 0 Å². The van der Waals surface area contributed by atoms with Crippen molar-refractivity contribution in [2.45, 2.75) is 46.5 Å². The lowest BCUT2D eigenvalue weighted by atomic mass is 9.80. The van der Waals surface area contributed by atoms with Gasteiger partial charge >= 0.3 is 0 Å². The summed E-state index contributed by atoms with van der Waals surface area (Å²) in [4.78, 5) is 22.7. The number of amides is 2. The molecule has 0 aliphatic rings. The van der Waals surface area contributed by atoms with E-state index in [1.54, 1.807) is 0 Å². The molecular formula is C13H23N3O2. The average Bonchev–Trinajstić information content (AvgIpc) is 2.33. The molecule has 0 saturated carbocycles. The Bertz CT molecular complexity index is 315. The van der Waals surface area contributed by atoms with Crippen LogP contribution >= 0.6 is 0 Å². The molecule has 0 heterocycles. The maximum absolute atomic E-state index is 12.1. The van der Waals surface area contributed by atoms with E-state index in [0.717, 1.165) is 12.8 Å². The highest BCUT2D eigenvalue weighted by molar-refractivity contribution is 5.85. The number of carbonyl (C=O) groups is 2. The van der Waals surface area contributed by atoms with Crippen LogP contribution in [0.1, 0.15) is 46.5 Å². The predicted molar refractivity (Wildman–Crippen MR) is 69.6 cm³/mol. The quantitative estimate of drug-likeness (QED) is 0.641. The zero-order valence-corrected chi connectivity index (χ0v) is 11.5. The van der Waals surface area contributed by atoms with E-state index in [1.807, 2.05) is 13.8 Å². The van der Waals surface area contributed by atoms with Crippen LogP contribution in [0.4, 0.5) is 0 Å². The Labute approximate surface area is 109 Å². The van der Waals surface area contributed by atoms with Gasteiger partial charge in [-0.15, -0.1) is 0 Å². The maximum Gasteiger partial charge on any atom is 0.240 e. The van der Waals surface area contributed by atoms with Crippen molar-refractivity contribution in [2.75, 3.05) is 13.1 Å². The molecule has 102 valence electrons. The Morgan fingerprint density at radius 2 is 1.61 bits per heavy atom. The van der Waals surface area contributed by atoms with Crippen molar-refractivity contribution >= 4 is 11.8 Å². The molecule has 0 atom stereocenters. The van der Waals surface area contributed by atoms with Gasteiger partial charge in [-0.25, -0.2) is 0 Å². The largest absolute Gasteiger partial charge is 0.355 e. The summed E-state index contributed by atoms with van der Waals surface area (Å²) in [5.74, 6) is -0.350. The van der Waals surface area contributed by atoms with E-state index in [0.29, 0.717) is 25.9 Å². The second kappa shape index (κ2) is 8.51. The number of nitriles is 1. The topological polar surface area (TPSA) is 82.0 Å². The van der Waals surface area contributed by atoms with E-state index in [-0.39, 0.29) is 11.8 Å². The first-order chi connectivity index (χ1) is 8.52. The smallest absolute Gasteiger partial charge is 0.240 e. The van der Waals surface area contributed by atoms with Crippen LogP contribution in [0.15, 0.2) is 0 Å². The zero-order valence-electron chi connectivity index (χ0n) is 11.5. The van der Waals surface area contributed by atoms with E-state index < -0.39 is 5.41 Å². The molecule has 0 spiro atoms. The summed E-state index contributed by atoms with van der Waals surface area (Å²) >= 11 is 0. The normalized spacial score (nSPS) is 10.6. The van der Waals surface area contributed by atoms with Crippen molar-refractivity contribution in [3.8, 4) is 6.07 Å². The van der Waals surface area contributed by atoms with Crippen LogP contribution in [0.3, 0.4) is 0 Å². The van der Waals surface area contributed by atoms with E-state index >= 15 is 0 Å². The fourth-order valence-electron chi connectivity index (χ4n) is 1.95. The molecule has 5 heteroatoms. The van der Waals surface area contributed by atoms with E-state index in [4.69, 9.17) is 0 Å². The third-order valence-corrected chi connectivity index (χ3v) is 2.79. The fourth-order valence-corrected chi connectivity index (χ4v) is 1.95. The van der Waals surface area contributed by atoms with Crippen LogP contribution < -0.4 is 10.6 Å². The molecule has 0 aliphatic carbocycles. The van der Waals surface area contributed by atoms with Gasteiger partial charge in [0.1, 0.15) is 5.41 Å². The van der Waals surface area contributed by atoms with E-state index in [2.05, 4.69) is 16.7 Å². The molecule has 0 fully saturated rings. The Morgan fingerprint density at radius 1 is 1.11 bits per heavy atom. The minimum Gasteiger partial charge on any atom is -0.355 e. The molecule has 5 nitrogen and oxygen atoms in total. The van der Waals surface area contributed by atoms with Gasteiger partial charge < -0.3 is 10.6 Å². The summed E-state index contributed by atoms with van der Waals surface area (Å²) in [5.41, 5.74) is -0.917. The lowest BCUT2D eigenvalue weighted by molar-refractivity contribution is -0.129. The monoisotopic (exact) mass is 253 g/mol. The SMILES string of the molecule is CCCC(C#N)(CCC)C(=O)NCCNC(C)=O. The first kappa shape index (κ1) is 16.4. The molecule has 0 unspecified atom stereocenters. The zero-order chi connectivity index (χ0) is 14.0. The van der Waals surface area contributed by atoms with Gasteiger partial charge in [0.2, 0.25) is 11.8 Å². The molecule has 2 amide bonds.